The third-order valence-corrected chi connectivity index (χ3v) is 4.40. The van der Waals surface area contributed by atoms with E-state index >= 15 is 0 Å². The summed E-state index contributed by atoms with van der Waals surface area (Å²) in [6, 6.07) is 14.2. The van der Waals surface area contributed by atoms with Crippen molar-refractivity contribution in [2.75, 3.05) is 37.7 Å². The molecular formula is C20H19F3N2O4. The van der Waals surface area contributed by atoms with Crippen LogP contribution in [0.25, 0.3) is 0 Å². The number of esters is 1. The molecule has 9 heteroatoms. The highest BCUT2D eigenvalue weighted by Gasteiger charge is 2.31. The molecule has 0 aromatic heterocycles. The molecule has 1 saturated heterocycles. The molecule has 0 bridgehead atoms. The fraction of sp³-hybridized carbons (Fsp3) is 0.300. The van der Waals surface area contributed by atoms with E-state index < -0.39 is 24.7 Å². The van der Waals surface area contributed by atoms with E-state index in [1.807, 2.05) is 30.3 Å². The maximum atomic E-state index is 12.3. The zero-order chi connectivity index (χ0) is 20.9. The Balaban J connectivity index is 1.45. The van der Waals surface area contributed by atoms with Gasteiger partial charge in [0.1, 0.15) is 5.75 Å². The number of halogens is 3. The number of alkyl halides is 3. The van der Waals surface area contributed by atoms with Crippen LogP contribution in [0.15, 0.2) is 54.6 Å². The largest absolute Gasteiger partial charge is 0.573 e. The number of hydrogen-bond acceptors (Lipinski definition) is 5. The Morgan fingerprint density at radius 2 is 1.52 bits per heavy atom. The Morgan fingerprint density at radius 1 is 0.897 bits per heavy atom. The summed E-state index contributed by atoms with van der Waals surface area (Å²) in [7, 11) is 0. The highest BCUT2D eigenvalue weighted by atomic mass is 19.4. The van der Waals surface area contributed by atoms with Crippen LogP contribution in [0.5, 0.6) is 5.75 Å². The molecule has 0 aliphatic carbocycles. The quantitative estimate of drug-likeness (QED) is 0.712. The molecule has 29 heavy (non-hydrogen) atoms. The predicted octanol–water partition coefficient (Wildman–Crippen LogP) is 3.09. The van der Waals surface area contributed by atoms with Crippen molar-refractivity contribution >= 4 is 17.6 Å². The van der Waals surface area contributed by atoms with Crippen LogP contribution in [-0.2, 0) is 9.53 Å². The smallest absolute Gasteiger partial charge is 0.452 e. The highest BCUT2D eigenvalue weighted by Crippen LogP contribution is 2.23. The molecule has 0 radical (unpaired) electrons. The maximum absolute atomic E-state index is 12.3. The average Bonchev–Trinajstić information content (AvgIpc) is 2.72. The number of ether oxygens (including phenoxy) is 2. The van der Waals surface area contributed by atoms with Gasteiger partial charge in [0, 0.05) is 31.9 Å². The van der Waals surface area contributed by atoms with Crippen molar-refractivity contribution in [2.24, 2.45) is 0 Å². The number of carbonyl (C=O) groups excluding carboxylic acids is 2. The molecule has 1 aliphatic heterocycles. The van der Waals surface area contributed by atoms with Crippen LogP contribution in [0.2, 0.25) is 0 Å². The van der Waals surface area contributed by atoms with Crippen molar-refractivity contribution in [3.8, 4) is 5.75 Å². The topological polar surface area (TPSA) is 59.1 Å². The third kappa shape index (κ3) is 5.87. The number of rotatable bonds is 5. The van der Waals surface area contributed by atoms with E-state index in [1.54, 1.807) is 4.90 Å². The second kappa shape index (κ2) is 8.85. The Labute approximate surface area is 165 Å². The Morgan fingerprint density at radius 3 is 2.10 bits per heavy atom. The van der Waals surface area contributed by atoms with E-state index in [4.69, 9.17) is 4.74 Å². The molecule has 1 amide bonds. The van der Waals surface area contributed by atoms with Gasteiger partial charge in [-0.15, -0.1) is 13.2 Å². The first-order valence-corrected chi connectivity index (χ1v) is 8.92. The lowest BCUT2D eigenvalue weighted by molar-refractivity contribution is -0.274. The molecule has 154 valence electrons. The van der Waals surface area contributed by atoms with E-state index in [0.29, 0.717) is 26.2 Å². The van der Waals surface area contributed by atoms with E-state index in [2.05, 4.69) is 9.64 Å². The van der Waals surface area contributed by atoms with Crippen LogP contribution in [0.4, 0.5) is 18.9 Å². The van der Waals surface area contributed by atoms with Crippen LogP contribution in [-0.4, -0.2) is 55.9 Å². The first-order valence-electron chi connectivity index (χ1n) is 8.92. The Hall–Kier alpha value is -3.23. The predicted molar refractivity (Wildman–Crippen MR) is 98.6 cm³/mol. The first-order chi connectivity index (χ1) is 13.8. The average molecular weight is 408 g/mol. The summed E-state index contributed by atoms with van der Waals surface area (Å²) in [6.45, 7) is 1.93. The number of nitrogens with zero attached hydrogens (tertiary/aromatic N) is 2. The van der Waals surface area contributed by atoms with Crippen LogP contribution in [0.1, 0.15) is 10.4 Å². The molecule has 6 nitrogen and oxygen atoms in total. The number of hydrogen-bond donors (Lipinski definition) is 0. The zero-order valence-corrected chi connectivity index (χ0v) is 15.4. The molecule has 0 N–H and O–H groups in total. The second-order valence-electron chi connectivity index (χ2n) is 6.35. The van der Waals surface area contributed by atoms with Gasteiger partial charge in [-0.3, -0.25) is 4.79 Å². The van der Waals surface area contributed by atoms with E-state index in [9.17, 15) is 22.8 Å². The number of benzene rings is 2. The number of anilines is 1. The van der Waals surface area contributed by atoms with Gasteiger partial charge in [0.15, 0.2) is 6.61 Å². The van der Waals surface area contributed by atoms with E-state index in [0.717, 1.165) is 30.0 Å². The molecule has 0 unspecified atom stereocenters. The molecule has 0 atom stereocenters. The summed E-state index contributed by atoms with van der Waals surface area (Å²) in [6.07, 6.45) is -4.81. The van der Waals surface area contributed by atoms with Gasteiger partial charge in [0.25, 0.3) is 5.91 Å². The minimum absolute atomic E-state index is 0.0289. The van der Waals surface area contributed by atoms with Crippen LogP contribution < -0.4 is 9.64 Å². The van der Waals surface area contributed by atoms with Gasteiger partial charge in [0.05, 0.1) is 5.56 Å². The van der Waals surface area contributed by atoms with Crippen molar-refractivity contribution in [1.29, 1.82) is 0 Å². The number of para-hydroxylation sites is 1. The van der Waals surface area contributed by atoms with Gasteiger partial charge in [-0.2, -0.15) is 0 Å². The first kappa shape index (κ1) is 20.5. The molecular weight excluding hydrogens is 389 g/mol. The summed E-state index contributed by atoms with van der Waals surface area (Å²) in [5.74, 6) is -1.55. The Bertz CT molecular complexity index is 833. The van der Waals surface area contributed by atoms with Crippen LogP contribution in [0.3, 0.4) is 0 Å². The fourth-order valence-electron chi connectivity index (χ4n) is 2.95. The minimum Gasteiger partial charge on any atom is -0.452 e. The van der Waals surface area contributed by atoms with E-state index in [1.165, 1.54) is 0 Å². The number of amides is 1. The van der Waals surface area contributed by atoms with Crippen molar-refractivity contribution < 1.29 is 32.2 Å². The molecule has 1 aliphatic rings. The normalized spacial score (nSPS) is 14.4. The molecule has 0 spiro atoms. The standard InChI is InChI=1S/C20H19F3N2O4/c21-20(22,23)29-17-8-6-15(7-9-17)19(27)28-14-18(26)25-12-10-24(11-13-25)16-4-2-1-3-5-16/h1-9H,10-14H2. The number of piperazine rings is 1. The van der Waals surface area contributed by atoms with Gasteiger partial charge in [-0.05, 0) is 36.4 Å². The number of carbonyl (C=O) groups is 2. The summed E-state index contributed by atoms with van der Waals surface area (Å²) >= 11 is 0. The molecule has 1 fully saturated rings. The second-order valence-corrected chi connectivity index (χ2v) is 6.35. The van der Waals surface area contributed by atoms with Gasteiger partial charge in [0.2, 0.25) is 0 Å². The lowest BCUT2D eigenvalue weighted by Gasteiger charge is -2.36. The zero-order valence-electron chi connectivity index (χ0n) is 15.4. The van der Waals surface area contributed by atoms with Gasteiger partial charge >= 0.3 is 12.3 Å². The van der Waals surface area contributed by atoms with Gasteiger partial charge in [-0.25, -0.2) is 4.79 Å². The van der Waals surface area contributed by atoms with Crippen molar-refractivity contribution in [3.63, 3.8) is 0 Å². The van der Waals surface area contributed by atoms with Crippen molar-refractivity contribution in [2.45, 2.75) is 6.36 Å². The molecule has 0 saturated carbocycles. The summed E-state index contributed by atoms with van der Waals surface area (Å²) in [4.78, 5) is 28.1. The molecule has 3 rings (SSSR count). The lowest BCUT2D eigenvalue weighted by atomic mass is 10.2. The molecule has 2 aromatic carbocycles. The van der Waals surface area contributed by atoms with Crippen LogP contribution in [0, 0.1) is 0 Å². The molecule has 2 aromatic rings. The summed E-state index contributed by atoms with van der Waals surface area (Å²) in [5.41, 5.74) is 1.12. The summed E-state index contributed by atoms with van der Waals surface area (Å²) < 4.78 is 45.2. The van der Waals surface area contributed by atoms with Crippen molar-refractivity contribution in [3.05, 3.63) is 60.2 Å². The maximum Gasteiger partial charge on any atom is 0.573 e. The van der Waals surface area contributed by atoms with Crippen LogP contribution >= 0.6 is 0 Å². The fourth-order valence-corrected chi connectivity index (χ4v) is 2.95. The minimum atomic E-state index is -4.81. The summed E-state index contributed by atoms with van der Waals surface area (Å²) in [5, 5.41) is 0. The van der Waals surface area contributed by atoms with Gasteiger partial charge < -0.3 is 19.3 Å². The highest BCUT2D eigenvalue weighted by molar-refractivity contribution is 5.91. The van der Waals surface area contributed by atoms with E-state index in [-0.39, 0.29) is 11.5 Å². The lowest BCUT2D eigenvalue weighted by Crippen LogP contribution is -2.49. The third-order valence-electron chi connectivity index (χ3n) is 4.40. The van der Waals surface area contributed by atoms with Crippen molar-refractivity contribution in [1.82, 2.24) is 4.90 Å². The van der Waals surface area contributed by atoms with Gasteiger partial charge in [-0.1, -0.05) is 18.2 Å². The Kier molecular flexibility index (Phi) is 6.26. The SMILES string of the molecule is O=C(OCC(=O)N1CCN(c2ccccc2)CC1)c1ccc(OC(F)(F)F)cc1. The monoisotopic (exact) mass is 408 g/mol. The molecule has 1 heterocycles.